The number of rotatable bonds is 1. The van der Waals surface area contributed by atoms with Crippen LogP contribution in [0, 0.1) is 12.3 Å². The molecule has 14 heavy (non-hydrogen) atoms. The lowest BCUT2D eigenvalue weighted by atomic mass is 10.2. The van der Waals surface area contributed by atoms with Crippen LogP contribution in [0.15, 0.2) is 24.3 Å². The van der Waals surface area contributed by atoms with Crippen molar-refractivity contribution in [3.8, 4) is 12.3 Å². The highest BCUT2D eigenvalue weighted by molar-refractivity contribution is 7.99. The number of benzene rings is 1. The van der Waals surface area contributed by atoms with Crippen LogP contribution in [-0.2, 0) is 0 Å². The fraction of sp³-hybridized carbons (Fsp3) is 0.333. The topological polar surface area (TPSA) is 3.24 Å². The van der Waals surface area contributed by atoms with Gasteiger partial charge in [-0.2, -0.15) is 11.8 Å². The molecule has 2 heteroatoms. The van der Waals surface area contributed by atoms with E-state index in [4.69, 9.17) is 6.42 Å². The Morgan fingerprint density at radius 2 is 1.79 bits per heavy atom. The van der Waals surface area contributed by atoms with Gasteiger partial charge in [0.2, 0.25) is 0 Å². The molecule has 0 N–H and O–H groups in total. The quantitative estimate of drug-likeness (QED) is 0.644. The fourth-order valence-corrected chi connectivity index (χ4v) is 2.49. The molecule has 1 aliphatic rings. The lowest BCUT2D eigenvalue weighted by Crippen LogP contribution is -2.32. The summed E-state index contributed by atoms with van der Waals surface area (Å²) < 4.78 is 0. The lowest BCUT2D eigenvalue weighted by Gasteiger charge is -2.28. The molecule has 72 valence electrons. The minimum atomic E-state index is 0.958. The maximum atomic E-state index is 5.31. The van der Waals surface area contributed by atoms with Crippen LogP contribution in [0.4, 0.5) is 5.69 Å². The van der Waals surface area contributed by atoms with E-state index >= 15 is 0 Å². The molecule has 1 aromatic carbocycles. The summed E-state index contributed by atoms with van der Waals surface area (Å²) in [4.78, 5) is 2.41. The van der Waals surface area contributed by atoms with Crippen molar-refractivity contribution in [1.29, 1.82) is 0 Å². The first-order chi connectivity index (χ1) is 6.90. The molecule has 0 unspecified atom stereocenters. The van der Waals surface area contributed by atoms with Gasteiger partial charge in [-0.15, -0.1) is 6.42 Å². The molecule has 1 aromatic rings. The first-order valence-electron chi connectivity index (χ1n) is 4.79. The van der Waals surface area contributed by atoms with E-state index in [2.05, 4.69) is 23.0 Å². The van der Waals surface area contributed by atoms with Gasteiger partial charge in [-0.05, 0) is 24.3 Å². The van der Waals surface area contributed by atoms with Crippen LogP contribution in [0.3, 0.4) is 0 Å². The number of thioether (sulfide) groups is 1. The van der Waals surface area contributed by atoms with E-state index in [0.29, 0.717) is 0 Å². The molecule has 1 fully saturated rings. The maximum absolute atomic E-state index is 5.31. The van der Waals surface area contributed by atoms with Crippen LogP contribution in [0.5, 0.6) is 0 Å². The molecule has 0 spiro atoms. The van der Waals surface area contributed by atoms with Gasteiger partial charge < -0.3 is 4.90 Å². The van der Waals surface area contributed by atoms with Gasteiger partial charge in [0.1, 0.15) is 0 Å². The minimum Gasteiger partial charge on any atom is -0.370 e. The van der Waals surface area contributed by atoms with E-state index in [1.165, 1.54) is 17.2 Å². The molecular weight excluding hydrogens is 190 g/mol. The SMILES string of the molecule is C#Cc1ccc(N2CCSCC2)cc1. The summed E-state index contributed by atoms with van der Waals surface area (Å²) in [6.07, 6.45) is 5.31. The van der Waals surface area contributed by atoms with Crippen molar-refractivity contribution in [3.05, 3.63) is 29.8 Å². The summed E-state index contributed by atoms with van der Waals surface area (Å²) >= 11 is 2.03. The first-order valence-corrected chi connectivity index (χ1v) is 5.95. The van der Waals surface area contributed by atoms with Crippen molar-refractivity contribution in [1.82, 2.24) is 0 Å². The average molecular weight is 203 g/mol. The van der Waals surface area contributed by atoms with Crippen LogP contribution >= 0.6 is 11.8 Å². The average Bonchev–Trinajstić information content (AvgIpc) is 2.30. The van der Waals surface area contributed by atoms with Crippen molar-refractivity contribution in [2.45, 2.75) is 0 Å². The molecule has 1 heterocycles. The molecule has 0 amide bonds. The van der Waals surface area contributed by atoms with E-state index in [1.54, 1.807) is 0 Å². The highest BCUT2D eigenvalue weighted by Gasteiger charge is 2.10. The minimum absolute atomic E-state index is 0.958. The Kier molecular flexibility index (Phi) is 3.00. The molecular formula is C12H13NS. The number of hydrogen-bond donors (Lipinski definition) is 0. The maximum Gasteiger partial charge on any atom is 0.0367 e. The van der Waals surface area contributed by atoms with E-state index in [9.17, 15) is 0 Å². The molecule has 0 aliphatic carbocycles. The Morgan fingerprint density at radius 1 is 1.14 bits per heavy atom. The summed E-state index contributed by atoms with van der Waals surface area (Å²) in [6, 6.07) is 8.25. The zero-order chi connectivity index (χ0) is 9.80. The highest BCUT2D eigenvalue weighted by Crippen LogP contribution is 2.19. The van der Waals surface area contributed by atoms with E-state index < -0.39 is 0 Å². The van der Waals surface area contributed by atoms with Crippen LogP contribution < -0.4 is 4.90 Å². The van der Waals surface area contributed by atoms with E-state index in [1.807, 2.05) is 23.9 Å². The van der Waals surface area contributed by atoms with Gasteiger partial charge in [0.15, 0.2) is 0 Å². The second kappa shape index (κ2) is 4.43. The van der Waals surface area contributed by atoms with Gasteiger partial charge in [0.05, 0.1) is 0 Å². The van der Waals surface area contributed by atoms with Crippen LogP contribution in [0.2, 0.25) is 0 Å². The van der Waals surface area contributed by atoms with Crippen LogP contribution in [-0.4, -0.2) is 24.6 Å². The Balaban J connectivity index is 2.12. The van der Waals surface area contributed by atoms with Crippen LogP contribution in [0.25, 0.3) is 0 Å². The predicted octanol–water partition coefficient (Wildman–Crippen LogP) is 2.22. The largest absolute Gasteiger partial charge is 0.370 e. The number of terminal acetylenes is 1. The molecule has 0 saturated carbocycles. The summed E-state index contributed by atoms with van der Waals surface area (Å²) in [5.41, 5.74) is 2.25. The second-order valence-corrected chi connectivity index (χ2v) is 4.52. The van der Waals surface area contributed by atoms with Crippen molar-refractivity contribution in [2.24, 2.45) is 0 Å². The summed E-state index contributed by atoms with van der Waals surface area (Å²) in [7, 11) is 0. The summed E-state index contributed by atoms with van der Waals surface area (Å²) in [5.74, 6) is 5.10. The predicted molar refractivity (Wildman–Crippen MR) is 63.9 cm³/mol. The molecule has 0 aromatic heterocycles. The fourth-order valence-electron chi connectivity index (χ4n) is 1.59. The standard InChI is InChI=1S/C12H13NS/c1-2-11-3-5-12(6-4-11)13-7-9-14-10-8-13/h1,3-6H,7-10H2. The second-order valence-electron chi connectivity index (χ2n) is 3.29. The molecule has 1 saturated heterocycles. The Morgan fingerprint density at radius 3 is 2.36 bits per heavy atom. The van der Waals surface area contributed by atoms with Crippen molar-refractivity contribution in [3.63, 3.8) is 0 Å². The molecule has 1 aliphatic heterocycles. The zero-order valence-electron chi connectivity index (χ0n) is 8.07. The normalized spacial score (nSPS) is 16.4. The van der Waals surface area contributed by atoms with E-state index in [-0.39, 0.29) is 0 Å². The Hall–Kier alpha value is -1.07. The highest BCUT2D eigenvalue weighted by atomic mass is 32.2. The number of hydrogen-bond acceptors (Lipinski definition) is 2. The third-order valence-electron chi connectivity index (χ3n) is 2.41. The Labute approximate surface area is 89.5 Å². The van der Waals surface area contributed by atoms with Gasteiger partial charge in [-0.3, -0.25) is 0 Å². The van der Waals surface area contributed by atoms with Gasteiger partial charge in [-0.1, -0.05) is 5.92 Å². The molecule has 2 rings (SSSR count). The van der Waals surface area contributed by atoms with Crippen molar-refractivity contribution < 1.29 is 0 Å². The van der Waals surface area contributed by atoms with Crippen molar-refractivity contribution >= 4 is 17.4 Å². The monoisotopic (exact) mass is 203 g/mol. The third-order valence-corrected chi connectivity index (χ3v) is 3.35. The number of nitrogens with zero attached hydrogens (tertiary/aromatic N) is 1. The molecule has 0 bridgehead atoms. The van der Waals surface area contributed by atoms with Crippen LogP contribution in [0.1, 0.15) is 5.56 Å². The molecule has 0 radical (unpaired) electrons. The molecule has 1 nitrogen and oxygen atoms in total. The zero-order valence-corrected chi connectivity index (χ0v) is 8.89. The van der Waals surface area contributed by atoms with Crippen molar-refractivity contribution in [2.75, 3.05) is 29.5 Å². The van der Waals surface area contributed by atoms with Gasteiger partial charge in [0, 0.05) is 35.8 Å². The number of anilines is 1. The first kappa shape index (κ1) is 9.48. The third kappa shape index (κ3) is 2.05. The molecule has 0 atom stereocenters. The van der Waals surface area contributed by atoms with E-state index in [0.717, 1.165) is 18.7 Å². The lowest BCUT2D eigenvalue weighted by molar-refractivity contribution is 0.859. The Bertz CT molecular complexity index is 330. The smallest absolute Gasteiger partial charge is 0.0367 e. The summed E-state index contributed by atoms with van der Waals surface area (Å²) in [6.45, 7) is 2.31. The van der Waals surface area contributed by atoms with Gasteiger partial charge in [0.25, 0.3) is 0 Å². The summed E-state index contributed by atoms with van der Waals surface area (Å²) in [5, 5.41) is 0. The van der Waals surface area contributed by atoms with Gasteiger partial charge >= 0.3 is 0 Å². The van der Waals surface area contributed by atoms with Gasteiger partial charge in [-0.25, -0.2) is 0 Å².